The molecule has 0 radical (unpaired) electrons. The van der Waals surface area contributed by atoms with Gasteiger partial charge in [-0.1, -0.05) is 73.7 Å². The molecule has 0 unspecified atom stereocenters. The Labute approximate surface area is 244 Å². The molecule has 3 aromatic carbocycles. The standard InChI is InChI=1S/C35H31N3O2S/c1-3-34-36-30(24-41-34)17-16-29-21-38(22-32(29)27-10-6-4-7-11-27)20-26-14-18-31(19-15-26)39-23-33-25(2)40-35(37-33)28-12-8-5-9-13-28/h4-19,21-22,24H,3,20,23H2,1-2H3/b17-16+. The Morgan fingerprint density at radius 1 is 0.854 bits per heavy atom. The van der Waals surface area contributed by atoms with E-state index in [-0.39, 0.29) is 0 Å². The summed E-state index contributed by atoms with van der Waals surface area (Å²) < 4.78 is 14.2. The molecule has 0 N–H and O–H groups in total. The van der Waals surface area contributed by atoms with Gasteiger partial charge in [-0.05, 0) is 54.8 Å². The fraction of sp³-hybridized carbons (Fsp3) is 0.143. The van der Waals surface area contributed by atoms with Crippen LogP contribution in [-0.2, 0) is 19.6 Å². The maximum absolute atomic E-state index is 6.05. The van der Waals surface area contributed by atoms with Crippen LogP contribution in [0.1, 0.15) is 40.2 Å². The Bertz CT molecular complexity index is 1750. The van der Waals surface area contributed by atoms with Crippen LogP contribution in [0.3, 0.4) is 0 Å². The predicted molar refractivity (Wildman–Crippen MR) is 167 cm³/mol. The van der Waals surface area contributed by atoms with E-state index in [0.717, 1.165) is 46.4 Å². The first-order valence-corrected chi connectivity index (χ1v) is 14.6. The van der Waals surface area contributed by atoms with Gasteiger partial charge in [-0.25, -0.2) is 9.97 Å². The van der Waals surface area contributed by atoms with Crippen molar-refractivity contribution in [3.8, 4) is 28.3 Å². The van der Waals surface area contributed by atoms with E-state index in [0.29, 0.717) is 12.5 Å². The zero-order valence-corrected chi connectivity index (χ0v) is 24.0. The number of rotatable bonds is 10. The number of benzene rings is 3. The fourth-order valence-electron chi connectivity index (χ4n) is 4.67. The summed E-state index contributed by atoms with van der Waals surface area (Å²) in [5.74, 6) is 2.19. The molecule has 0 aliphatic carbocycles. The van der Waals surface area contributed by atoms with Crippen LogP contribution in [0.4, 0.5) is 0 Å². The monoisotopic (exact) mass is 557 g/mol. The minimum Gasteiger partial charge on any atom is -0.487 e. The third-order valence-electron chi connectivity index (χ3n) is 6.88. The average molecular weight is 558 g/mol. The quantitative estimate of drug-likeness (QED) is 0.169. The number of hydrogen-bond acceptors (Lipinski definition) is 5. The molecule has 6 aromatic rings. The van der Waals surface area contributed by atoms with Crippen molar-refractivity contribution >= 4 is 23.5 Å². The number of thiazole rings is 1. The molecular weight excluding hydrogens is 526 g/mol. The summed E-state index contributed by atoms with van der Waals surface area (Å²) in [4.78, 5) is 9.33. The molecule has 0 fully saturated rings. The highest BCUT2D eigenvalue weighted by Gasteiger charge is 2.12. The Morgan fingerprint density at radius 3 is 2.29 bits per heavy atom. The van der Waals surface area contributed by atoms with Gasteiger partial charge >= 0.3 is 0 Å². The highest BCUT2D eigenvalue weighted by Crippen LogP contribution is 2.28. The molecule has 0 aliphatic rings. The van der Waals surface area contributed by atoms with Crippen molar-refractivity contribution in [2.45, 2.75) is 33.4 Å². The van der Waals surface area contributed by atoms with Gasteiger partial charge in [0, 0.05) is 41.0 Å². The van der Waals surface area contributed by atoms with E-state index in [4.69, 9.17) is 9.15 Å². The van der Waals surface area contributed by atoms with Gasteiger partial charge in [0.1, 0.15) is 23.8 Å². The van der Waals surface area contributed by atoms with Crippen molar-refractivity contribution in [1.29, 1.82) is 0 Å². The first kappa shape index (κ1) is 26.5. The van der Waals surface area contributed by atoms with Crippen molar-refractivity contribution in [3.63, 3.8) is 0 Å². The minimum absolute atomic E-state index is 0.355. The minimum atomic E-state index is 0.355. The smallest absolute Gasteiger partial charge is 0.226 e. The zero-order valence-electron chi connectivity index (χ0n) is 23.2. The average Bonchev–Trinajstić information content (AvgIpc) is 3.75. The van der Waals surface area contributed by atoms with Gasteiger partial charge in [0.2, 0.25) is 5.89 Å². The molecule has 6 heteroatoms. The maximum atomic E-state index is 6.05. The summed E-state index contributed by atoms with van der Waals surface area (Å²) in [7, 11) is 0. The van der Waals surface area contributed by atoms with Crippen LogP contribution in [0.15, 0.2) is 107 Å². The lowest BCUT2D eigenvalue weighted by molar-refractivity contribution is 0.299. The number of ether oxygens (including phenoxy) is 1. The summed E-state index contributed by atoms with van der Waals surface area (Å²) in [6, 6.07) is 28.7. The van der Waals surface area contributed by atoms with E-state index in [2.05, 4.69) is 87.8 Å². The van der Waals surface area contributed by atoms with Crippen molar-refractivity contribution in [2.24, 2.45) is 0 Å². The van der Waals surface area contributed by atoms with Crippen LogP contribution in [0.5, 0.6) is 5.75 Å². The van der Waals surface area contributed by atoms with Crippen LogP contribution < -0.4 is 4.74 Å². The van der Waals surface area contributed by atoms with Gasteiger partial charge in [-0.3, -0.25) is 0 Å². The third kappa shape index (κ3) is 6.39. The lowest BCUT2D eigenvalue weighted by Crippen LogP contribution is -1.99. The molecule has 0 saturated carbocycles. The molecule has 0 atom stereocenters. The molecule has 3 heterocycles. The van der Waals surface area contributed by atoms with E-state index in [9.17, 15) is 0 Å². The molecule has 3 aromatic heterocycles. The Morgan fingerprint density at radius 2 is 1.59 bits per heavy atom. The normalized spacial score (nSPS) is 11.4. The SMILES string of the molecule is CCc1nc(/C=C/c2cn(Cc3ccc(OCc4nc(-c5ccccc5)oc4C)cc3)cc2-c2ccccc2)cs1. The van der Waals surface area contributed by atoms with Crippen LogP contribution in [0.25, 0.3) is 34.7 Å². The Balaban J connectivity index is 1.15. The second-order valence-corrected chi connectivity index (χ2v) is 10.8. The zero-order chi connectivity index (χ0) is 28.0. The van der Waals surface area contributed by atoms with Crippen LogP contribution >= 0.6 is 11.3 Å². The molecular formula is C35H31N3O2S. The predicted octanol–water partition coefficient (Wildman–Crippen LogP) is 8.94. The molecule has 0 spiro atoms. The summed E-state index contributed by atoms with van der Waals surface area (Å²) in [5, 5.41) is 3.27. The highest BCUT2D eigenvalue weighted by atomic mass is 32.1. The molecule has 0 bridgehead atoms. The van der Waals surface area contributed by atoms with Gasteiger partial charge < -0.3 is 13.7 Å². The van der Waals surface area contributed by atoms with E-state index < -0.39 is 0 Å². The number of aromatic nitrogens is 3. The van der Waals surface area contributed by atoms with Crippen molar-refractivity contribution < 1.29 is 9.15 Å². The molecule has 0 amide bonds. The summed E-state index contributed by atoms with van der Waals surface area (Å²) in [5.41, 5.74) is 7.52. The Hall–Kier alpha value is -4.68. The van der Waals surface area contributed by atoms with E-state index in [1.807, 2.05) is 55.5 Å². The molecule has 5 nitrogen and oxygen atoms in total. The number of nitrogens with zero attached hydrogens (tertiary/aromatic N) is 3. The number of hydrogen-bond donors (Lipinski definition) is 0. The first-order valence-electron chi connectivity index (χ1n) is 13.8. The second kappa shape index (κ2) is 12.2. The first-order chi connectivity index (χ1) is 20.1. The highest BCUT2D eigenvalue weighted by molar-refractivity contribution is 7.09. The van der Waals surface area contributed by atoms with Crippen LogP contribution in [-0.4, -0.2) is 14.5 Å². The van der Waals surface area contributed by atoms with Gasteiger partial charge in [-0.15, -0.1) is 11.3 Å². The van der Waals surface area contributed by atoms with Gasteiger partial charge in [-0.2, -0.15) is 0 Å². The molecule has 0 saturated heterocycles. The summed E-state index contributed by atoms with van der Waals surface area (Å²) in [6.45, 7) is 5.17. The van der Waals surface area contributed by atoms with Gasteiger partial charge in [0.05, 0.1) is 10.7 Å². The third-order valence-corrected chi connectivity index (χ3v) is 7.89. The van der Waals surface area contributed by atoms with Gasteiger partial charge in [0.25, 0.3) is 0 Å². The fourth-order valence-corrected chi connectivity index (χ4v) is 5.38. The van der Waals surface area contributed by atoms with Gasteiger partial charge in [0.15, 0.2) is 0 Å². The molecule has 41 heavy (non-hydrogen) atoms. The van der Waals surface area contributed by atoms with E-state index in [1.54, 1.807) is 11.3 Å². The van der Waals surface area contributed by atoms with Crippen LogP contribution in [0, 0.1) is 6.92 Å². The maximum Gasteiger partial charge on any atom is 0.226 e. The molecule has 0 aliphatic heterocycles. The largest absolute Gasteiger partial charge is 0.487 e. The van der Waals surface area contributed by atoms with Crippen molar-refractivity contribution in [1.82, 2.24) is 14.5 Å². The van der Waals surface area contributed by atoms with Crippen molar-refractivity contribution in [2.75, 3.05) is 0 Å². The summed E-state index contributed by atoms with van der Waals surface area (Å²) >= 11 is 1.71. The van der Waals surface area contributed by atoms with E-state index >= 15 is 0 Å². The van der Waals surface area contributed by atoms with E-state index in [1.165, 1.54) is 22.3 Å². The lowest BCUT2D eigenvalue weighted by atomic mass is 10.0. The summed E-state index contributed by atoms with van der Waals surface area (Å²) in [6.07, 6.45) is 9.65. The Kier molecular flexibility index (Phi) is 7.92. The molecule has 204 valence electrons. The number of aryl methyl sites for hydroxylation is 2. The molecule has 6 rings (SSSR count). The van der Waals surface area contributed by atoms with Crippen LogP contribution in [0.2, 0.25) is 0 Å². The van der Waals surface area contributed by atoms with Crippen molar-refractivity contribution in [3.05, 3.63) is 136 Å². The number of oxazole rings is 1. The topological polar surface area (TPSA) is 53.1 Å². The lowest BCUT2D eigenvalue weighted by Gasteiger charge is -2.07. The second-order valence-electron chi connectivity index (χ2n) is 9.84.